The standard InChI is InChI=1S/C15H15N3O2S/c1-3-12-14(15(19)20-2)16-17-18(12)8-10-9-21-13-7-5-4-6-11(10)13/h4-7,9H,3,8H2,1-2H3. The number of benzene rings is 1. The number of hydrogen-bond donors (Lipinski definition) is 0. The Morgan fingerprint density at radius 3 is 2.95 bits per heavy atom. The zero-order valence-electron chi connectivity index (χ0n) is 11.9. The van der Waals surface area contributed by atoms with Crippen LogP contribution in [-0.4, -0.2) is 28.1 Å². The number of ether oxygens (including phenoxy) is 1. The minimum atomic E-state index is -0.437. The molecular formula is C15H15N3O2S. The van der Waals surface area contributed by atoms with Gasteiger partial charge >= 0.3 is 5.97 Å². The number of carbonyl (C=O) groups is 1. The van der Waals surface area contributed by atoms with Crippen molar-refractivity contribution < 1.29 is 9.53 Å². The van der Waals surface area contributed by atoms with Crippen molar-refractivity contribution in [2.24, 2.45) is 0 Å². The third kappa shape index (κ3) is 2.42. The SMILES string of the molecule is CCc1c(C(=O)OC)nnn1Cc1csc2ccccc12. The molecule has 0 aliphatic rings. The smallest absolute Gasteiger partial charge is 0.360 e. The van der Waals surface area contributed by atoms with Gasteiger partial charge < -0.3 is 4.74 Å². The molecule has 1 aromatic carbocycles. The van der Waals surface area contributed by atoms with Gasteiger partial charge in [-0.1, -0.05) is 30.3 Å². The highest BCUT2D eigenvalue weighted by Crippen LogP contribution is 2.26. The van der Waals surface area contributed by atoms with Crippen LogP contribution in [0, 0.1) is 0 Å². The average molecular weight is 301 g/mol. The molecule has 0 amide bonds. The maximum Gasteiger partial charge on any atom is 0.360 e. The van der Waals surface area contributed by atoms with Crippen molar-refractivity contribution in [2.45, 2.75) is 19.9 Å². The summed E-state index contributed by atoms with van der Waals surface area (Å²) in [4.78, 5) is 11.7. The van der Waals surface area contributed by atoms with Gasteiger partial charge in [0, 0.05) is 4.70 Å². The second kappa shape index (κ2) is 5.65. The van der Waals surface area contributed by atoms with Crippen LogP contribution in [-0.2, 0) is 17.7 Å². The van der Waals surface area contributed by atoms with Crippen LogP contribution in [0.15, 0.2) is 29.6 Å². The van der Waals surface area contributed by atoms with Crippen LogP contribution in [0.4, 0.5) is 0 Å². The van der Waals surface area contributed by atoms with Crippen molar-refractivity contribution in [3.8, 4) is 0 Å². The molecule has 0 spiro atoms. The van der Waals surface area contributed by atoms with Crippen LogP contribution in [0.3, 0.4) is 0 Å². The lowest BCUT2D eigenvalue weighted by molar-refractivity contribution is 0.0592. The molecule has 0 unspecified atom stereocenters. The highest BCUT2D eigenvalue weighted by molar-refractivity contribution is 7.17. The van der Waals surface area contributed by atoms with E-state index >= 15 is 0 Å². The van der Waals surface area contributed by atoms with Crippen molar-refractivity contribution in [1.29, 1.82) is 0 Å². The summed E-state index contributed by atoms with van der Waals surface area (Å²) in [6, 6.07) is 8.27. The van der Waals surface area contributed by atoms with E-state index in [1.165, 1.54) is 22.8 Å². The molecule has 2 aromatic heterocycles. The van der Waals surface area contributed by atoms with Crippen LogP contribution in [0.5, 0.6) is 0 Å². The molecule has 6 heteroatoms. The monoisotopic (exact) mass is 301 g/mol. The molecule has 21 heavy (non-hydrogen) atoms. The fourth-order valence-electron chi connectivity index (χ4n) is 2.38. The molecule has 0 aliphatic carbocycles. The van der Waals surface area contributed by atoms with Gasteiger partial charge in [0.15, 0.2) is 5.69 Å². The van der Waals surface area contributed by atoms with Gasteiger partial charge in [-0.05, 0) is 28.8 Å². The van der Waals surface area contributed by atoms with E-state index in [1.54, 1.807) is 16.0 Å². The first kappa shape index (κ1) is 13.8. The van der Waals surface area contributed by atoms with Crippen LogP contribution in [0.1, 0.15) is 28.7 Å². The third-order valence-electron chi connectivity index (χ3n) is 3.43. The zero-order valence-corrected chi connectivity index (χ0v) is 12.7. The lowest BCUT2D eigenvalue weighted by atomic mass is 10.1. The van der Waals surface area contributed by atoms with E-state index in [0.29, 0.717) is 18.7 Å². The topological polar surface area (TPSA) is 57.0 Å². The van der Waals surface area contributed by atoms with Crippen molar-refractivity contribution in [3.63, 3.8) is 0 Å². The van der Waals surface area contributed by atoms with Crippen molar-refractivity contribution >= 4 is 27.4 Å². The van der Waals surface area contributed by atoms with E-state index in [1.807, 2.05) is 19.1 Å². The Bertz CT molecular complexity index is 791. The van der Waals surface area contributed by atoms with Crippen molar-refractivity contribution in [1.82, 2.24) is 15.0 Å². The lowest BCUT2D eigenvalue weighted by Crippen LogP contribution is -2.09. The molecule has 3 aromatic rings. The van der Waals surface area contributed by atoms with Crippen LogP contribution in [0.25, 0.3) is 10.1 Å². The second-order valence-corrected chi connectivity index (χ2v) is 5.56. The number of nitrogens with zero attached hydrogens (tertiary/aromatic N) is 3. The van der Waals surface area contributed by atoms with Gasteiger partial charge in [0.1, 0.15) is 0 Å². The Labute approximate surface area is 126 Å². The Kier molecular flexibility index (Phi) is 3.70. The summed E-state index contributed by atoms with van der Waals surface area (Å²) < 4.78 is 7.77. The van der Waals surface area contributed by atoms with E-state index in [0.717, 1.165) is 5.69 Å². The molecule has 0 aliphatic heterocycles. The highest BCUT2D eigenvalue weighted by atomic mass is 32.1. The summed E-state index contributed by atoms with van der Waals surface area (Å²) in [6.45, 7) is 2.59. The highest BCUT2D eigenvalue weighted by Gasteiger charge is 2.19. The first-order valence-electron chi connectivity index (χ1n) is 6.70. The van der Waals surface area contributed by atoms with Crippen molar-refractivity contribution in [2.75, 3.05) is 7.11 Å². The zero-order chi connectivity index (χ0) is 14.8. The van der Waals surface area contributed by atoms with E-state index in [9.17, 15) is 4.79 Å². The number of hydrogen-bond acceptors (Lipinski definition) is 5. The number of thiophene rings is 1. The molecule has 0 N–H and O–H groups in total. The first-order valence-corrected chi connectivity index (χ1v) is 7.58. The molecule has 5 nitrogen and oxygen atoms in total. The summed E-state index contributed by atoms with van der Waals surface area (Å²) >= 11 is 1.71. The fourth-order valence-corrected chi connectivity index (χ4v) is 3.34. The maximum atomic E-state index is 11.7. The van der Waals surface area contributed by atoms with E-state index < -0.39 is 5.97 Å². The van der Waals surface area contributed by atoms with Crippen LogP contribution in [0.2, 0.25) is 0 Å². The first-order chi connectivity index (χ1) is 10.2. The summed E-state index contributed by atoms with van der Waals surface area (Å²) in [7, 11) is 1.35. The number of esters is 1. The third-order valence-corrected chi connectivity index (χ3v) is 4.44. The Morgan fingerprint density at radius 1 is 1.38 bits per heavy atom. The minimum absolute atomic E-state index is 0.305. The quantitative estimate of drug-likeness (QED) is 0.695. The van der Waals surface area contributed by atoms with E-state index in [4.69, 9.17) is 4.74 Å². The average Bonchev–Trinajstić information content (AvgIpc) is 3.11. The van der Waals surface area contributed by atoms with Gasteiger partial charge in [0.05, 0.1) is 19.3 Å². The van der Waals surface area contributed by atoms with Gasteiger partial charge in [-0.25, -0.2) is 9.48 Å². The molecule has 2 heterocycles. The van der Waals surface area contributed by atoms with Gasteiger partial charge in [-0.15, -0.1) is 16.4 Å². The van der Waals surface area contributed by atoms with E-state index in [2.05, 4.69) is 27.8 Å². The predicted molar refractivity (Wildman–Crippen MR) is 81.7 cm³/mol. The van der Waals surface area contributed by atoms with Gasteiger partial charge in [-0.3, -0.25) is 0 Å². The maximum absolute atomic E-state index is 11.7. The summed E-state index contributed by atoms with van der Waals surface area (Å²) in [6.07, 6.45) is 0.680. The molecule has 0 saturated carbocycles. The molecule has 108 valence electrons. The van der Waals surface area contributed by atoms with Gasteiger partial charge in [-0.2, -0.15) is 0 Å². The molecular weight excluding hydrogens is 286 g/mol. The van der Waals surface area contributed by atoms with E-state index in [-0.39, 0.29) is 0 Å². The summed E-state index contributed by atoms with van der Waals surface area (Å²) in [5.41, 5.74) is 2.29. The molecule has 0 radical (unpaired) electrons. The summed E-state index contributed by atoms with van der Waals surface area (Å²) in [5, 5.41) is 11.4. The number of methoxy groups -OCH3 is 1. The lowest BCUT2D eigenvalue weighted by Gasteiger charge is -2.05. The number of aromatic nitrogens is 3. The Balaban J connectivity index is 1.98. The fraction of sp³-hybridized carbons (Fsp3) is 0.267. The van der Waals surface area contributed by atoms with Crippen molar-refractivity contribution in [3.05, 3.63) is 46.6 Å². The Morgan fingerprint density at radius 2 is 2.19 bits per heavy atom. The number of rotatable bonds is 4. The summed E-state index contributed by atoms with van der Waals surface area (Å²) in [5.74, 6) is -0.437. The normalized spacial score (nSPS) is 11.0. The molecule has 0 atom stereocenters. The van der Waals surface area contributed by atoms with Gasteiger partial charge in [0.25, 0.3) is 0 Å². The van der Waals surface area contributed by atoms with Crippen LogP contribution >= 0.6 is 11.3 Å². The minimum Gasteiger partial charge on any atom is -0.464 e. The van der Waals surface area contributed by atoms with Crippen LogP contribution < -0.4 is 0 Å². The molecule has 3 rings (SSSR count). The largest absolute Gasteiger partial charge is 0.464 e. The Hall–Kier alpha value is -2.21. The molecule has 0 saturated heterocycles. The number of carbonyl (C=O) groups excluding carboxylic acids is 1. The predicted octanol–water partition coefficient (Wildman–Crippen LogP) is 2.89. The molecule has 0 bridgehead atoms. The molecule has 0 fully saturated rings. The second-order valence-electron chi connectivity index (χ2n) is 4.64. The number of fused-ring (bicyclic) bond motifs is 1. The van der Waals surface area contributed by atoms with Gasteiger partial charge in [0.2, 0.25) is 0 Å².